The van der Waals surface area contributed by atoms with Crippen LogP contribution in [0.5, 0.6) is 5.75 Å². The molecule has 0 spiro atoms. The van der Waals surface area contributed by atoms with Gasteiger partial charge in [0, 0.05) is 24.8 Å². The molecular formula is C20H20N4O. The number of pyridine rings is 1. The van der Waals surface area contributed by atoms with Crippen LogP contribution in [0.25, 0.3) is 10.8 Å². The Balaban J connectivity index is 1.48. The summed E-state index contributed by atoms with van der Waals surface area (Å²) >= 11 is 0. The molecule has 4 rings (SSSR count). The zero-order chi connectivity index (χ0) is 17.1. The average Bonchev–Trinajstić information content (AvgIpc) is 2.68. The van der Waals surface area contributed by atoms with E-state index in [4.69, 9.17) is 0 Å². The number of hydrazone groups is 1. The van der Waals surface area contributed by atoms with Crippen LogP contribution in [0.15, 0.2) is 65.9 Å². The fourth-order valence-corrected chi connectivity index (χ4v) is 3.14. The molecule has 0 unspecified atom stereocenters. The van der Waals surface area contributed by atoms with E-state index in [1.54, 1.807) is 12.3 Å². The predicted octanol–water partition coefficient (Wildman–Crippen LogP) is 3.10. The molecule has 0 aliphatic carbocycles. The number of aromatic nitrogens is 1. The normalized spacial score (nSPS) is 15.2. The molecule has 2 heterocycles. The van der Waals surface area contributed by atoms with Crippen LogP contribution in [0.2, 0.25) is 0 Å². The van der Waals surface area contributed by atoms with Crippen LogP contribution in [-0.2, 0) is 0 Å². The molecule has 1 fully saturated rings. The molecule has 0 radical (unpaired) electrons. The first kappa shape index (κ1) is 15.4. The summed E-state index contributed by atoms with van der Waals surface area (Å²) in [6, 6.07) is 17.6. The van der Waals surface area contributed by atoms with Crippen molar-refractivity contribution >= 4 is 22.8 Å². The largest absolute Gasteiger partial charge is 0.507 e. The lowest BCUT2D eigenvalue weighted by Crippen LogP contribution is -2.44. The monoisotopic (exact) mass is 332 g/mol. The van der Waals surface area contributed by atoms with Crippen molar-refractivity contribution in [3.63, 3.8) is 0 Å². The van der Waals surface area contributed by atoms with Crippen molar-refractivity contribution in [1.82, 2.24) is 9.99 Å². The van der Waals surface area contributed by atoms with E-state index in [1.165, 1.54) is 0 Å². The second kappa shape index (κ2) is 6.81. The fraction of sp³-hybridized carbons (Fsp3) is 0.200. The van der Waals surface area contributed by atoms with Crippen molar-refractivity contribution < 1.29 is 5.11 Å². The molecule has 5 nitrogen and oxygen atoms in total. The first-order valence-electron chi connectivity index (χ1n) is 8.47. The maximum atomic E-state index is 10.2. The van der Waals surface area contributed by atoms with Gasteiger partial charge in [-0.2, -0.15) is 5.10 Å². The maximum Gasteiger partial charge on any atom is 0.128 e. The van der Waals surface area contributed by atoms with Crippen molar-refractivity contribution in [3.8, 4) is 5.75 Å². The topological polar surface area (TPSA) is 52.0 Å². The van der Waals surface area contributed by atoms with Gasteiger partial charge in [-0.25, -0.2) is 4.98 Å². The zero-order valence-electron chi connectivity index (χ0n) is 13.9. The molecule has 0 atom stereocenters. The van der Waals surface area contributed by atoms with Crippen molar-refractivity contribution in [3.05, 3.63) is 66.4 Å². The summed E-state index contributed by atoms with van der Waals surface area (Å²) in [5, 5.41) is 18.9. The van der Waals surface area contributed by atoms with Gasteiger partial charge in [0.15, 0.2) is 0 Å². The molecule has 0 amide bonds. The van der Waals surface area contributed by atoms with E-state index < -0.39 is 0 Å². The smallest absolute Gasteiger partial charge is 0.128 e. The minimum absolute atomic E-state index is 0.259. The number of phenols is 1. The van der Waals surface area contributed by atoms with Crippen LogP contribution in [0, 0.1) is 0 Å². The molecule has 2 aromatic carbocycles. The highest BCUT2D eigenvalue weighted by atomic mass is 16.3. The molecule has 1 aliphatic rings. The van der Waals surface area contributed by atoms with Crippen LogP contribution in [-0.4, -0.2) is 47.5 Å². The molecule has 1 aliphatic heterocycles. The Hall–Kier alpha value is -3.08. The number of piperazine rings is 1. The highest BCUT2D eigenvalue weighted by molar-refractivity contribution is 6.02. The number of phenolic OH excluding ortho intramolecular Hbond substituents is 1. The Kier molecular flexibility index (Phi) is 4.21. The highest BCUT2D eigenvalue weighted by Crippen LogP contribution is 2.25. The lowest BCUT2D eigenvalue weighted by molar-refractivity contribution is 0.271. The van der Waals surface area contributed by atoms with E-state index in [9.17, 15) is 5.11 Å². The lowest BCUT2D eigenvalue weighted by Gasteiger charge is -2.33. The Labute approximate surface area is 146 Å². The van der Waals surface area contributed by atoms with E-state index in [-0.39, 0.29) is 5.75 Å². The summed E-state index contributed by atoms with van der Waals surface area (Å²) in [5.74, 6) is 1.27. The third-order valence-electron chi connectivity index (χ3n) is 4.53. The summed E-state index contributed by atoms with van der Waals surface area (Å²) < 4.78 is 0. The lowest BCUT2D eigenvalue weighted by atomic mass is 10.0. The second-order valence-corrected chi connectivity index (χ2v) is 6.09. The third-order valence-corrected chi connectivity index (χ3v) is 4.53. The van der Waals surface area contributed by atoms with Gasteiger partial charge < -0.3 is 10.0 Å². The molecule has 1 saturated heterocycles. The molecule has 0 saturated carbocycles. The summed E-state index contributed by atoms with van der Waals surface area (Å²) in [7, 11) is 0. The quantitative estimate of drug-likeness (QED) is 0.749. The summed E-state index contributed by atoms with van der Waals surface area (Å²) in [6.07, 6.45) is 3.59. The van der Waals surface area contributed by atoms with Crippen LogP contribution >= 0.6 is 0 Å². The Morgan fingerprint density at radius 3 is 2.52 bits per heavy atom. The van der Waals surface area contributed by atoms with E-state index >= 15 is 0 Å². The van der Waals surface area contributed by atoms with Gasteiger partial charge in [-0.3, -0.25) is 5.01 Å². The summed E-state index contributed by atoms with van der Waals surface area (Å²) in [4.78, 5) is 6.67. The SMILES string of the molecule is Oc1ccc2ccccc2c1C=NN1CCN(c2ccccn2)CC1. The van der Waals surface area contributed by atoms with Gasteiger partial charge >= 0.3 is 0 Å². The Morgan fingerprint density at radius 2 is 1.72 bits per heavy atom. The molecule has 5 heteroatoms. The number of aromatic hydroxyl groups is 1. The summed E-state index contributed by atoms with van der Waals surface area (Å²) in [6.45, 7) is 3.43. The van der Waals surface area contributed by atoms with E-state index in [1.807, 2.05) is 59.7 Å². The van der Waals surface area contributed by atoms with Gasteiger partial charge in [0.05, 0.1) is 19.3 Å². The maximum absolute atomic E-state index is 10.2. The van der Waals surface area contributed by atoms with Gasteiger partial charge in [0.1, 0.15) is 11.6 Å². The summed E-state index contributed by atoms with van der Waals surface area (Å²) in [5.41, 5.74) is 0.769. The van der Waals surface area contributed by atoms with Crippen LogP contribution in [0.4, 0.5) is 5.82 Å². The first-order chi connectivity index (χ1) is 12.3. The van der Waals surface area contributed by atoms with Crippen LogP contribution in [0.1, 0.15) is 5.56 Å². The molecule has 1 N–H and O–H groups in total. The number of fused-ring (bicyclic) bond motifs is 1. The van der Waals surface area contributed by atoms with Gasteiger partial charge in [-0.15, -0.1) is 0 Å². The second-order valence-electron chi connectivity index (χ2n) is 6.09. The molecule has 1 aromatic heterocycles. The number of rotatable bonds is 3. The van der Waals surface area contributed by atoms with Gasteiger partial charge in [-0.05, 0) is 29.0 Å². The minimum Gasteiger partial charge on any atom is -0.507 e. The molecule has 3 aromatic rings. The van der Waals surface area contributed by atoms with Crippen molar-refractivity contribution in [2.24, 2.45) is 5.10 Å². The number of anilines is 1. The van der Waals surface area contributed by atoms with Crippen LogP contribution in [0.3, 0.4) is 0 Å². The van der Waals surface area contributed by atoms with E-state index in [0.29, 0.717) is 0 Å². The zero-order valence-corrected chi connectivity index (χ0v) is 13.9. The Morgan fingerprint density at radius 1 is 0.920 bits per heavy atom. The van der Waals surface area contributed by atoms with E-state index in [2.05, 4.69) is 15.0 Å². The predicted molar refractivity (Wildman–Crippen MR) is 101 cm³/mol. The van der Waals surface area contributed by atoms with Crippen molar-refractivity contribution in [1.29, 1.82) is 0 Å². The van der Waals surface area contributed by atoms with Gasteiger partial charge in [-0.1, -0.05) is 36.4 Å². The number of nitrogens with zero attached hydrogens (tertiary/aromatic N) is 4. The third kappa shape index (κ3) is 3.26. The number of hydrogen-bond acceptors (Lipinski definition) is 5. The first-order valence-corrected chi connectivity index (χ1v) is 8.47. The van der Waals surface area contributed by atoms with Crippen molar-refractivity contribution in [2.45, 2.75) is 0 Å². The molecular weight excluding hydrogens is 312 g/mol. The van der Waals surface area contributed by atoms with Gasteiger partial charge in [0.25, 0.3) is 0 Å². The Bertz CT molecular complexity index is 887. The number of hydrogen-bond donors (Lipinski definition) is 1. The molecule has 126 valence electrons. The van der Waals surface area contributed by atoms with Crippen molar-refractivity contribution in [2.75, 3.05) is 31.1 Å². The molecule has 25 heavy (non-hydrogen) atoms. The molecule has 0 bridgehead atoms. The van der Waals surface area contributed by atoms with E-state index in [0.717, 1.165) is 48.3 Å². The minimum atomic E-state index is 0.259. The fourth-order valence-electron chi connectivity index (χ4n) is 3.14. The number of benzene rings is 2. The standard InChI is InChI=1S/C20H20N4O/c25-19-9-8-16-5-1-2-6-17(16)18(19)15-22-24-13-11-23(12-14-24)20-7-3-4-10-21-20/h1-10,15,25H,11-14H2. The highest BCUT2D eigenvalue weighted by Gasteiger charge is 2.16. The van der Waals surface area contributed by atoms with Crippen LogP contribution < -0.4 is 4.90 Å². The average molecular weight is 332 g/mol. The van der Waals surface area contributed by atoms with Gasteiger partial charge in [0.2, 0.25) is 0 Å².